The van der Waals surface area contributed by atoms with Gasteiger partial charge in [-0.15, -0.1) is 0 Å². The summed E-state index contributed by atoms with van der Waals surface area (Å²) in [6, 6.07) is 6.27. The molecule has 1 amide bonds. The van der Waals surface area contributed by atoms with Crippen LogP contribution in [0.4, 0.5) is 5.69 Å². The first kappa shape index (κ1) is 22.2. The number of aryl methyl sites for hydroxylation is 2. The number of piperidine rings is 2. The predicted octanol–water partition coefficient (Wildman–Crippen LogP) is 2.09. The quantitative estimate of drug-likeness (QED) is 0.790. The van der Waals surface area contributed by atoms with E-state index < -0.39 is 5.54 Å². The third-order valence-corrected chi connectivity index (χ3v) is 7.17. The number of amides is 1. The molecule has 0 spiro atoms. The van der Waals surface area contributed by atoms with Gasteiger partial charge in [-0.2, -0.15) is 0 Å². The lowest BCUT2D eigenvalue weighted by molar-refractivity contribution is -0.131. The van der Waals surface area contributed by atoms with Gasteiger partial charge < -0.3 is 15.3 Å². The summed E-state index contributed by atoms with van der Waals surface area (Å²) in [4.78, 5) is 20.4. The van der Waals surface area contributed by atoms with Crippen molar-refractivity contribution in [2.45, 2.75) is 57.7 Å². The van der Waals surface area contributed by atoms with Gasteiger partial charge in [-0.25, -0.2) is 0 Å². The second kappa shape index (κ2) is 9.13. The summed E-state index contributed by atoms with van der Waals surface area (Å²) in [7, 11) is 4.02. The molecule has 6 heteroatoms. The van der Waals surface area contributed by atoms with Gasteiger partial charge in [0.2, 0.25) is 5.91 Å². The van der Waals surface area contributed by atoms with Gasteiger partial charge in [-0.05, 0) is 64.9 Å². The Balaban J connectivity index is 1.72. The molecule has 0 aromatic heterocycles. The Morgan fingerprint density at radius 3 is 2.38 bits per heavy atom. The van der Waals surface area contributed by atoms with E-state index in [-0.39, 0.29) is 18.1 Å². The summed E-state index contributed by atoms with van der Waals surface area (Å²) >= 11 is 0. The van der Waals surface area contributed by atoms with Gasteiger partial charge in [0.1, 0.15) is 5.54 Å². The van der Waals surface area contributed by atoms with Crippen molar-refractivity contribution in [3.63, 3.8) is 0 Å². The predicted molar refractivity (Wildman–Crippen MR) is 118 cm³/mol. The van der Waals surface area contributed by atoms with E-state index in [1.54, 1.807) is 0 Å². The maximum atomic E-state index is 13.5. The molecule has 162 valence electrons. The third-order valence-electron chi connectivity index (χ3n) is 7.17. The molecule has 2 atom stereocenters. The summed E-state index contributed by atoms with van der Waals surface area (Å²) in [5.41, 5.74) is 2.60. The van der Waals surface area contributed by atoms with Crippen molar-refractivity contribution in [3.8, 4) is 0 Å². The van der Waals surface area contributed by atoms with Crippen LogP contribution in [0.25, 0.3) is 0 Å². The minimum Gasteiger partial charge on any atom is -0.391 e. The minimum absolute atomic E-state index is 0.0823. The number of para-hydroxylation sites is 1. The molecule has 2 saturated heterocycles. The van der Waals surface area contributed by atoms with Crippen LogP contribution in [-0.2, 0) is 4.79 Å². The SMILES string of the molecule is CCN1CC[C@H](O)[C@@H](N2CCC(C(=O)Nc3c(C)cccc3C)(N(C)C)CC2)C1. The number of likely N-dealkylation sites (tertiary alicyclic amines) is 2. The van der Waals surface area contributed by atoms with Crippen LogP contribution in [0, 0.1) is 13.8 Å². The van der Waals surface area contributed by atoms with E-state index in [1.165, 1.54) is 0 Å². The molecule has 0 saturated carbocycles. The number of aliphatic hydroxyl groups is 1. The molecular weight excluding hydrogens is 364 g/mol. The Bertz CT molecular complexity index is 693. The van der Waals surface area contributed by atoms with Gasteiger partial charge in [0.05, 0.1) is 6.10 Å². The van der Waals surface area contributed by atoms with Crippen molar-refractivity contribution < 1.29 is 9.90 Å². The first-order chi connectivity index (χ1) is 13.8. The molecule has 6 nitrogen and oxygen atoms in total. The molecular formula is C23H38N4O2. The lowest BCUT2D eigenvalue weighted by Gasteiger charge is -2.49. The fraction of sp³-hybridized carbons (Fsp3) is 0.696. The van der Waals surface area contributed by atoms with Crippen LogP contribution >= 0.6 is 0 Å². The number of anilines is 1. The van der Waals surface area contributed by atoms with Gasteiger partial charge in [0, 0.05) is 37.9 Å². The van der Waals surface area contributed by atoms with Gasteiger partial charge in [0.25, 0.3) is 0 Å². The molecule has 29 heavy (non-hydrogen) atoms. The van der Waals surface area contributed by atoms with Gasteiger partial charge in [-0.1, -0.05) is 25.1 Å². The van der Waals surface area contributed by atoms with Crippen molar-refractivity contribution >= 4 is 11.6 Å². The number of benzene rings is 1. The number of aliphatic hydroxyl groups excluding tert-OH is 1. The van der Waals surface area contributed by atoms with E-state index in [1.807, 2.05) is 46.1 Å². The fourth-order valence-electron chi connectivity index (χ4n) is 4.98. The summed E-state index contributed by atoms with van der Waals surface area (Å²) in [6.07, 6.45) is 2.10. The number of nitrogens with zero attached hydrogens (tertiary/aromatic N) is 3. The molecule has 0 aliphatic carbocycles. The number of nitrogens with one attached hydrogen (secondary N) is 1. The summed E-state index contributed by atoms with van der Waals surface area (Å²) in [6.45, 7) is 10.8. The van der Waals surface area contributed by atoms with Gasteiger partial charge in [-0.3, -0.25) is 14.6 Å². The first-order valence-corrected chi connectivity index (χ1v) is 11.0. The summed E-state index contributed by atoms with van der Waals surface area (Å²) in [5, 5.41) is 13.8. The smallest absolute Gasteiger partial charge is 0.244 e. The van der Waals surface area contributed by atoms with Crippen LogP contribution in [0.15, 0.2) is 18.2 Å². The number of carbonyl (C=O) groups is 1. The molecule has 1 aromatic rings. The molecule has 3 rings (SSSR count). The highest BCUT2D eigenvalue weighted by molar-refractivity contribution is 5.99. The molecule has 0 radical (unpaired) electrons. The number of hydrogen-bond acceptors (Lipinski definition) is 5. The molecule has 2 aliphatic heterocycles. The second-order valence-electron chi connectivity index (χ2n) is 9.00. The van der Waals surface area contributed by atoms with E-state index in [9.17, 15) is 9.90 Å². The topological polar surface area (TPSA) is 59.1 Å². The van der Waals surface area contributed by atoms with Gasteiger partial charge in [0.15, 0.2) is 0 Å². The Kier molecular flexibility index (Phi) is 6.99. The normalized spacial score (nSPS) is 25.9. The van der Waals surface area contributed by atoms with E-state index in [0.717, 1.165) is 68.8 Å². The largest absolute Gasteiger partial charge is 0.391 e. The van der Waals surface area contributed by atoms with Gasteiger partial charge >= 0.3 is 0 Å². The zero-order valence-electron chi connectivity index (χ0n) is 18.7. The van der Waals surface area contributed by atoms with Crippen molar-refractivity contribution in [2.75, 3.05) is 52.1 Å². The van der Waals surface area contributed by atoms with Crippen LogP contribution in [-0.4, -0.2) is 90.2 Å². The Hall–Kier alpha value is -1.47. The highest BCUT2D eigenvalue weighted by Crippen LogP contribution is 2.32. The number of likely N-dealkylation sites (N-methyl/N-ethyl adjacent to an activating group) is 2. The van der Waals surface area contributed by atoms with Crippen molar-refractivity contribution in [1.29, 1.82) is 0 Å². The number of hydrogen-bond donors (Lipinski definition) is 2. The Morgan fingerprint density at radius 2 is 1.83 bits per heavy atom. The van der Waals surface area contributed by atoms with E-state index >= 15 is 0 Å². The Morgan fingerprint density at radius 1 is 1.21 bits per heavy atom. The zero-order chi connectivity index (χ0) is 21.2. The summed E-state index contributed by atoms with van der Waals surface area (Å²) < 4.78 is 0. The molecule has 2 fully saturated rings. The lowest BCUT2D eigenvalue weighted by Crippen LogP contribution is -2.63. The molecule has 0 bridgehead atoms. The highest BCUT2D eigenvalue weighted by Gasteiger charge is 2.45. The lowest BCUT2D eigenvalue weighted by atomic mass is 9.83. The van der Waals surface area contributed by atoms with Crippen LogP contribution in [0.5, 0.6) is 0 Å². The summed E-state index contributed by atoms with van der Waals surface area (Å²) in [5.74, 6) is 0.0823. The molecule has 2 aliphatic rings. The standard InChI is InChI=1S/C23H38N4O2/c1-6-26-13-10-20(28)19(16-26)27-14-11-23(12-15-27,25(4)5)22(29)24-21-17(2)8-7-9-18(21)3/h7-9,19-20,28H,6,10-16H2,1-5H3,(H,24,29)/t19-,20-/m0/s1. The van der Waals surface area contributed by atoms with Crippen LogP contribution in [0.1, 0.15) is 37.3 Å². The third kappa shape index (κ3) is 4.50. The Labute approximate surface area is 175 Å². The first-order valence-electron chi connectivity index (χ1n) is 11.0. The van der Waals surface area contributed by atoms with E-state index in [4.69, 9.17) is 0 Å². The van der Waals surface area contributed by atoms with Crippen LogP contribution in [0.3, 0.4) is 0 Å². The van der Waals surface area contributed by atoms with E-state index in [0.29, 0.717) is 0 Å². The van der Waals surface area contributed by atoms with Crippen molar-refractivity contribution in [1.82, 2.24) is 14.7 Å². The maximum absolute atomic E-state index is 13.5. The molecule has 2 heterocycles. The highest BCUT2D eigenvalue weighted by atomic mass is 16.3. The van der Waals surface area contributed by atoms with Crippen molar-refractivity contribution in [2.24, 2.45) is 0 Å². The molecule has 1 aromatic carbocycles. The van der Waals surface area contributed by atoms with Crippen LogP contribution in [0.2, 0.25) is 0 Å². The minimum atomic E-state index is -0.519. The van der Waals surface area contributed by atoms with Crippen molar-refractivity contribution in [3.05, 3.63) is 29.3 Å². The maximum Gasteiger partial charge on any atom is 0.244 e. The number of rotatable bonds is 5. The fourth-order valence-corrected chi connectivity index (χ4v) is 4.98. The van der Waals surface area contributed by atoms with E-state index in [2.05, 4.69) is 26.9 Å². The average molecular weight is 403 g/mol. The molecule has 0 unspecified atom stereocenters. The second-order valence-corrected chi connectivity index (χ2v) is 9.00. The number of carbonyl (C=O) groups excluding carboxylic acids is 1. The average Bonchev–Trinajstić information content (AvgIpc) is 2.71. The zero-order valence-corrected chi connectivity index (χ0v) is 18.7. The molecule has 2 N–H and O–H groups in total. The monoisotopic (exact) mass is 402 g/mol. The van der Waals surface area contributed by atoms with Crippen LogP contribution < -0.4 is 5.32 Å².